The predicted molar refractivity (Wildman–Crippen MR) is 119 cm³/mol. The van der Waals surface area contributed by atoms with Crippen molar-refractivity contribution in [3.8, 4) is 21.7 Å². The fourth-order valence-corrected chi connectivity index (χ4v) is 6.94. The summed E-state index contributed by atoms with van der Waals surface area (Å²) in [5.41, 5.74) is 5.93. The smallest absolute Gasteiger partial charge is 0.126 e. The molecule has 0 aliphatic carbocycles. The van der Waals surface area contributed by atoms with Gasteiger partial charge in [0, 0.05) is 33.5 Å². The Kier molecular flexibility index (Phi) is 3.41. The van der Waals surface area contributed by atoms with Crippen molar-refractivity contribution >= 4 is 64.5 Å². The van der Waals surface area contributed by atoms with Gasteiger partial charge in [-0.3, -0.25) is 4.98 Å². The Labute approximate surface area is 167 Å². The molecule has 0 saturated heterocycles. The van der Waals surface area contributed by atoms with Crippen LogP contribution in [0.25, 0.3) is 52.2 Å². The minimum absolute atomic E-state index is 1.04. The van der Waals surface area contributed by atoms with Crippen LogP contribution in [0.15, 0.2) is 71.6 Å². The molecule has 0 spiro atoms. The van der Waals surface area contributed by atoms with Crippen LogP contribution in [-0.4, -0.2) is 9.97 Å². The van der Waals surface area contributed by atoms with Crippen LogP contribution in [0.2, 0.25) is 0 Å². The monoisotopic (exact) mass is 400 g/mol. The molecule has 0 bridgehead atoms. The van der Waals surface area contributed by atoms with Crippen LogP contribution >= 0.6 is 34.0 Å². The van der Waals surface area contributed by atoms with E-state index in [2.05, 4.69) is 58.2 Å². The maximum atomic E-state index is 4.85. The molecule has 0 aliphatic rings. The maximum absolute atomic E-state index is 4.85. The molecule has 2 nitrogen and oxygen atoms in total. The number of hydrogen-bond donors (Lipinski definition) is 0. The van der Waals surface area contributed by atoms with Gasteiger partial charge in [0.2, 0.25) is 0 Å². The zero-order valence-electron chi connectivity index (χ0n) is 14.0. The molecule has 4 heterocycles. The maximum Gasteiger partial charge on any atom is 0.126 e. The van der Waals surface area contributed by atoms with Crippen molar-refractivity contribution in [2.45, 2.75) is 0 Å². The lowest BCUT2D eigenvalue weighted by molar-refractivity contribution is 1.41. The van der Waals surface area contributed by atoms with E-state index in [9.17, 15) is 0 Å². The number of rotatable bonds is 2. The van der Waals surface area contributed by atoms with Crippen molar-refractivity contribution in [3.05, 3.63) is 71.6 Å². The Hall–Kier alpha value is -2.60. The second-order valence-corrected chi connectivity index (χ2v) is 9.14. The highest BCUT2D eigenvalue weighted by atomic mass is 32.1. The van der Waals surface area contributed by atoms with Crippen LogP contribution in [0.4, 0.5) is 0 Å². The van der Waals surface area contributed by atoms with E-state index in [0.29, 0.717) is 0 Å². The average molecular weight is 401 g/mol. The predicted octanol–water partition coefficient (Wildman–Crippen LogP) is 7.45. The molecular formula is C22H12N2S3. The van der Waals surface area contributed by atoms with Crippen LogP contribution in [0, 0.1) is 0 Å². The largest absolute Gasteiger partial charge is 0.256 e. The molecule has 5 heteroatoms. The number of thiophene rings is 2. The molecule has 27 heavy (non-hydrogen) atoms. The molecular weight excluding hydrogens is 388 g/mol. The van der Waals surface area contributed by atoms with Crippen molar-refractivity contribution in [1.82, 2.24) is 9.97 Å². The highest BCUT2D eigenvalue weighted by molar-refractivity contribution is 7.29. The minimum atomic E-state index is 1.04. The summed E-state index contributed by atoms with van der Waals surface area (Å²) in [6.07, 6.45) is 1.84. The quantitative estimate of drug-likeness (QED) is 0.301. The van der Waals surface area contributed by atoms with Crippen LogP contribution < -0.4 is 0 Å². The summed E-state index contributed by atoms with van der Waals surface area (Å²) in [5.74, 6) is 0. The number of hydrogen-bond acceptors (Lipinski definition) is 5. The summed E-state index contributed by atoms with van der Waals surface area (Å²) >= 11 is 5.40. The lowest BCUT2D eigenvalue weighted by atomic mass is 10.1. The number of thiazole rings is 1. The van der Waals surface area contributed by atoms with E-state index < -0.39 is 0 Å². The van der Waals surface area contributed by atoms with Gasteiger partial charge >= 0.3 is 0 Å². The lowest BCUT2D eigenvalue weighted by Crippen LogP contribution is -1.79. The fourth-order valence-electron chi connectivity index (χ4n) is 3.40. The second kappa shape index (κ2) is 5.96. The van der Waals surface area contributed by atoms with Gasteiger partial charge in [-0.25, -0.2) is 4.98 Å². The molecule has 0 aliphatic heterocycles. The molecule has 6 rings (SSSR count). The fraction of sp³-hybridized carbons (Fsp3) is 0. The SMILES string of the molecule is c1cnc2ccc(-c3csc4c(-c5nc6ccccc6s5)csc34)cc2c1. The minimum Gasteiger partial charge on any atom is -0.256 e. The topological polar surface area (TPSA) is 25.8 Å². The normalized spacial score (nSPS) is 11.7. The first-order valence-corrected chi connectivity index (χ1v) is 11.1. The van der Waals surface area contributed by atoms with Gasteiger partial charge in [0.25, 0.3) is 0 Å². The average Bonchev–Trinajstić information content (AvgIpc) is 3.41. The number of pyridine rings is 1. The van der Waals surface area contributed by atoms with Crippen molar-refractivity contribution in [2.75, 3.05) is 0 Å². The molecule has 0 atom stereocenters. The van der Waals surface area contributed by atoms with E-state index in [-0.39, 0.29) is 0 Å². The molecule has 0 radical (unpaired) electrons. The van der Waals surface area contributed by atoms with Gasteiger partial charge in [0.05, 0.1) is 25.1 Å². The Morgan fingerprint density at radius 3 is 2.52 bits per heavy atom. The first-order valence-electron chi connectivity index (χ1n) is 8.56. The second-order valence-electron chi connectivity index (χ2n) is 6.35. The summed E-state index contributed by atoms with van der Waals surface area (Å²) in [5, 5.41) is 6.82. The number of para-hydroxylation sites is 1. The highest BCUT2D eigenvalue weighted by Gasteiger charge is 2.16. The van der Waals surface area contributed by atoms with Gasteiger partial charge < -0.3 is 0 Å². The molecule has 0 amide bonds. The Morgan fingerprint density at radius 2 is 1.59 bits per heavy atom. The number of nitrogens with zero attached hydrogens (tertiary/aromatic N) is 2. The first-order chi connectivity index (χ1) is 13.4. The molecule has 0 N–H and O–H groups in total. The van der Waals surface area contributed by atoms with E-state index in [1.165, 1.54) is 36.2 Å². The third kappa shape index (κ3) is 2.43. The number of fused-ring (bicyclic) bond motifs is 3. The van der Waals surface area contributed by atoms with Gasteiger partial charge in [-0.1, -0.05) is 24.3 Å². The number of aromatic nitrogens is 2. The summed E-state index contributed by atoms with van der Waals surface area (Å²) in [4.78, 5) is 9.28. The Morgan fingerprint density at radius 1 is 0.741 bits per heavy atom. The van der Waals surface area contributed by atoms with Gasteiger partial charge in [0.15, 0.2) is 0 Å². The van der Waals surface area contributed by atoms with Gasteiger partial charge in [-0.2, -0.15) is 0 Å². The Balaban J connectivity index is 1.52. The molecule has 2 aromatic carbocycles. The summed E-state index contributed by atoms with van der Waals surface area (Å²) in [6, 6.07) is 19.0. The third-order valence-corrected chi connectivity index (χ3v) is 7.95. The van der Waals surface area contributed by atoms with Crippen molar-refractivity contribution in [3.63, 3.8) is 0 Å². The van der Waals surface area contributed by atoms with E-state index in [0.717, 1.165) is 16.0 Å². The van der Waals surface area contributed by atoms with E-state index >= 15 is 0 Å². The van der Waals surface area contributed by atoms with Crippen LogP contribution in [0.3, 0.4) is 0 Å². The van der Waals surface area contributed by atoms with E-state index in [1.54, 1.807) is 11.3 Å². The standard InChI is InChI=1S/C22H12N2S3/c1-2-6-19-18(5-1)24-22(27-19)16-12-26-20-15(11-25-21(16)20)13-7-8-17-14(10-13)4-3-9-23-17/h1-12H. The molecule has 0 saturated carbocycles. The Bertz CT molecular complexity index is 1410. The third-order valence-electron chi connectivity index (χ3n) is 4.72. The lowest BCUT2D eigenvalue weighted by Gasteiger charge is -2.01. The van der Waals surface area contributed by atoms with Crippen molar-refractivity contribution < 1.29 is 0 Å². The van der Waals surface area contributed by atoms with Gasteiger partial charge in [0.1, 0.15) is 5.01 Å². The van der Waals surface area contributed by atoms with Gasteiger partial charge in [-0.05, 0) is 35.9 Å². The summed E-state index contributed by atoms with van der Waals surface area (Å²) in [6.45, 7) is 0. The van der Waals surface area contributed by atoms with Gasteiger partial charge in [-0.15, -0.1) is 34.0 Å². The molecule has 4 aromatic heterocycles. The molecule has 128 valence electrons. The first kappa shape index (κ1) is 15.5. The zero-order chi connectivity index (χ0) is 17.8. The molecule has 0 fully saturated rings. The summed E-state index contributed by atoms with van der Waals surface area (Å²) in [7, 11) is 0. The zero-order valence-corrected chi connectivity index (χ0v) is 16.5. The van der Waals surface area contributed by atoms with Crippen LogP contribution in [-0.2, 0) is 0 Å². The summed E-state index contributed by atoms with van der Waals surface area (Å²) < 4.78 is 3.92. The van der Waals surface area contributed by atoms with Crippen LogP contribution in [0.5, 0.6) is 0 Å². The highest BCUT2D eigenvalue weighted by Crippen LogP contribution is 2.45. The van der Waals surface area contributed by atoms with E-state index in [1.807, 2.05) is 41.0 Å². The van der Waals surface area contributed by atoms with Crippen molar-refractivity contribution in [2.24, 2.45) is 0 Å². The molecule has 0 unspecified atom stereocenters. The van der Waals surface area contributed by atoms with Crippen LogP contribution in [0.1, 0.15) is 0 Å². The van der Waals surface area contributed by atoms with E-state index in [4.69, 9.17) is 4.98 Å². The number of benzene rings is 2. The molecule has 6 aromatic rings. The van der Waals surface area contributed by atoms with Crippen molar-refractivity contribution in [1.29, 1.82) is 0 Å².